The van der Waals surface area contributed by atoms with Crippen molar-refractivity contribution >= 4 is 23.6 Å². The quantitative estimate of drug-likeness (QED) is 0.843. The SMILES string of the molecule is CC1(C)[C@@H]2CC[C@@]1(C)[C@@H](NC(=O)[C@@H]1CS[C@@]3(C)CCC(=O)N13)C2. The molecule has 2 aliphatic heterocycles. The number of thioether (sulfide) groups is 1. The first-order valence-corrected chi connectivity index (χ1v) is 9.94. The van der Waals surface area contributed by atoms with Crippen LogP contribution in [0.1, 0.15) is 59.8 Å². The fraction of sp³-hybridized carbons (Fsp3) is 0.889. The summed E-state index contributed by atoms with van der Waals surface area (Å²) in [6.45, 7) is 9.18. The van der Waals surface area contributed by atoms with Gasteiger partial charge in [-0.15, -0.1) is 11.8 Å². The molecule has 4 fully saturated rings. The summed E-state index contributed by atoms with van der Waals surface area (Å²) in [6.07, 6.45) is 5.05. The molecule has 0 aromatic carbocycles. The minimum atomic E-state index is -0.272. The first-order chi connectivity index (χ1) is 10.7. The number of nitrogens with one attached hydrogen (secondary N) is 1. The zero-order valence-corrected chi connectivity index (χ0v) is 15.5. The van der Waals surface area contributed by atoms with Gasteiger partial charge < -0.3 is 10.2 Å². The average Bonchev–Trinajstić information content (AvgIpc) is 3.09. The van der Waals surface area contributed by atoms with Crippen molar-refractivity contribution < 1.29 is 9.59 Å². The van der Waals surface area contributed by atoms with Gasteiger partial charge in [0.25, 0.3) is 0 Å². The van der Waals surface area contributed by atoms with Crippen LogP contribution in [-0.4, -0.2) is 39.4 Å². The lowest BCUT2D eigenvalue weighted by molar-refractivity contribution is -0.138. The Bertz CT molecular complexity index is 577. The topological polar surface area (TPSA) is 49.4 Å². The molecule has 4 nitrogen and oxygen atoms in total. The van der Waals surface area contributed by atoms with Gasteiger partial charge in [0.2, 0.25) is 11.8 Å². The second-order valence-corrected chi connectivity index (χ2v) is 10.4. The van der Waals surface area contributed by atoms with Crippen LogP contribution in [0.4, 0.5) is 0 Å². The van der Waals surface area contributed by atoms with Gasteiger partial charge in [0.1, 0.15) is 6.04 Å². The van der Waals surface area contributed by atoms with Crippen molar-refractivity contribution in [1.29, 1.82) is 0 Å². The van der Waals surface area contributed by atoms with Crippen LogP contribution in [0.5, 0.6) is 0 Å². The molecule has 4 aliphatic rings. The van der Waals surface area contributed by atoms with Crippen LogP contribution in [-0.2, 0) is 9.59 Å². The van der Waals surface area contributed by atoms with Gasteiger partial charge in [0.05, 0.1) is 4.87 Å². The van der Waals surface area contributed by atoms with E-state index >= 15 is 0 Å². The molecule has 4 rings (SSSR count). The van der Waals surface area contributed by atoms with E-state index in [2.05, 4.69) is 33.0 Å². The van der Waals surface area contributed by atoms with Gasteiger partial charge in [-0.2, -0.15) is 0 Å². The Hall–Kier alpha value is -0.710. The van der Waals surface area contributed by atoms with Crippen molar-refractivity contribution in [1.82, 2.24) is 10.2 Å². The Kier molecular flexibility index (Phi) is 3.21. The summed E-state index contributed by atoms with van der Waals surface area (Å²) >= 11 is 1.77. The molecule has 0 aromatic heterocycles. The zero-order chi connectivity index (χ0) is 16.6. The molecule has 2 saturated heterocycles. The highest BCUT2D eigenvalue weighted by Gasteiger charge is 2.62. The summed E-state index contributed by atoms with van der Waals surface area (Å²) in [4.78, 5) is 26.9. The van der Waals surface area contributed by atoms with Crippen molar-refractivity contribution in [2.45, 2.75) is 76.8 Å². The molecule has 2 aliphatic carbocycles. The van der Waals surface area contributed by atoms with Crippen LogP contribution in [0.15, 0.2) is 0 Å². The number of hydrogen-bond acceptors (Lipinski definition) is 3. The minimum absolute atomic E-state index is 0.0750. The summed E-state index contributed by atoms with van der Waals surface area (Å²) in [5.74, 6) is 1.68. The molecule has 0 spiro atoms. The molecule has 2 saturated carbocycles. The van der Waals surface area contributed by atoms with E-state index in [9.17, 15) is 9.59 Å². The van der Waals surface area contributed by atoms with Gasteiger partial charge in [-0.05, 0) is 49.4 Å². The minimum Gasteiger partial charge on any atom is -0.351 e. The molecular weight excluding hydrogens is 308 g/mol. The Labute approximate surface area is 143 Å². The number of carbonyl (C=O) groups is 2. The molecule has 0 radical (unpaired) electrons. The average molecular weight is 337 g/mol. The largest absolute Gasteiger partial charge is 0.351 e. The number of rotatable bonds is 2. The second kappa shape index (κ2) is 4.68. The van der Waals surface area contributed by atoms with Crippen LogP contribution < -0.4 is 5.32 Å². The maximum absolute atomic E-state index is 12.9. The van der Waals surface area contributed by atoms with Gasteiger partial charge >= 0.3 is 0 Å². The van der Waals surface area contributed by atoms with Gasteiger partial charge in [-0.1, -0.05) is 20.8 Å². The Morgan fingerprint density at radius 3 is 2.61 bits per heavy atom. The first-order valence-electron chi connectivity index (χ1n) is 8.95. The smallest absolute Gasteiger partial charge is 0.243 e. The maximum Gasteiger partial charge on any atom is 0.243 e. The van der Waals surface area contributed by atoms with E-state index in [1.54, 1.807) is 11.8 Å². The van der Waals surface area contributed by atoms with Gasteiger partial charge in [-0.3, -0.25) is 9.59 Å². The lowest BCUT2D eigenvalue weighted by Crippen LogP contribution is -2.55. The summed E-state index contributed by atoms with van der Waals surface area (Å²) in [5.41, 5.74) is 0.491. The van der Waals surface area contributed by atoms with Crippen molar-refractivity contribution in [2.24, 2.45) is 16.7 Å². The van der Waals surface area contributed by atoms with Crippen molar-refractivity contribution in [3.05, 3.63) is 0 Å². The third-order valence-corrected chi connectivity index (χ3v) is 9.36. The van der Waals surface area contributed by atoms with Crippen molar-refractivity contribution in [3.63, 3.8) is 0 Å². The van der Waals surface area contributed by atoms with Crippen LogP contribution in [0, 0.1) is 16.7 Å². The Morgan fingerprint density at radius 1 is 1.26 bits per heavy atom. The molecule has 2 bridgehead atoms. The summed E-state index contributed by atoms with van der Waals surface area (Å²) in [7, 11) is 0. The number of fused-ring (bicyclic) bond motifs is 3. The zero-order valence-electron chi connectivity index (χ0n) is 14.6. The first kappa shape index (κ1) is 15.8. The van der Waals surface area contributed by atoms with E-state index in [-0.39, 0.29) is 34.2 Å². The molecule has 1 N–H and O–H groups in total. The molecular formula is C18H28N2O2S. The Balaban J connectivity index is 1.51. The van der Waals surface area contributed by atoms with Gasteiger partial charge in [0, 0.05) is 18.2 Å². The predicted molar refractivity (Wildman–Crippen MR) is 91.9 cm³/mol. The lowest BCUT2D eigenvalue weighted by Gasteiger charge is -2.40. The molecule has 2 heterocycles. The van der Waals surface area contributed by atoms with Crippen LogP contribution in [0.25, 0.3) is 0 Å². The summed E-state index contributed by atoms with van der Waals surface area (Å²) < 4.78 is 0. The van der Waals surface area contributed by atoms with E-state index in [1.807, 2.05) is 4.90 Å². The lowest BCUT2D eigenvalue weighted by atomic mass is 9.69. The normalized spacial score (nSPS) is 47.2. The van der Waals surface area contributed by atoms with E-state index in [0.29, 0.717) is 11.8 Å². The molecule has 0 unspecified atom stereocenters. The third kappa shape index (κ3) is 1.92. The number of amides is 2. The van der Waals surface area contributed by atoms with E-state index < -0.39 is 0 Å². The molecule has 23 heavy (non-hydrogen) atoms. The molecule has 5 atom stereocenters. The molecule has 2 amide bonds. The second-order valence-electron chi connectivity index (χ2n) is 8.94. The fourth-order valence-corrected chi connectivity index (χ4v) is 7.14. The number of carbonyl (C=O) groups excluding carboxylic acids is 2. The van der Waals surface area contributed by atoms with Crippen LogP contribution in [0.3, 0.4) is 0 Å². The van der Waals surface area contributed by atoms with Gasteiger partial charge in [-0.25, -0.2) is 0 Å². The summed E-state index contributed by atoms with van der Waals surface area (Å²) in [5, 5.41) is 3.35. The van der Waals surface area contributed by atoms with Crippen LogP contribution in [0.2, 0.25) is 0 Å². The molecule has 0 aromatic rings. The summed E-state index contributed by atoms with van der Waals surface area (Å²) in [6, 6.07) is -0.0100. The van der Waals surface area contributed by atoms with Crippen molar-refractivity contribution in [3.8, 4) is 0 Å². The van der Waals surface area contributed by atoms with E-state index in [0.717, 1.165) is 24.5 Å². The fourth-order valence-electron chi connectivity index (χ4n) is 5.70. The van der Waals surface area contributed by atoms with Gasteiger partial charge in [0.15, 0.2) is 0 Å². The highest BCUT2D eigenvalue weighted by molar-refractivity contribution is 8.01. The predicted octanol–water partition coefficient (Wildman–Crippen LogP) is 2.77. The highest BCUT2D eigenvalue weighted by Crippen LogP contribution is 2.65. The standard InChI is InChI=1S/C18H28N2O2S/c1-16(2)11-5-7-17(16,3)13(9-11)19-15(22)12-10-23-18(4)8-6-14(21)20(12)18/h11-13H,5-10H2,1-4H3,(H,19,22)/t11-,12+,13+,17+,18+/m1/s1. The van der Waals surface area contributed by atoms with E-state index in [4.69, 9.17) is 0 Å². The van der Waals surface area contributed by atoms with Crippen molar-refractivity contribution in [2.75, 3.05) is 5.75 Å². The Morgan fingerprint density at radius 2 is 2.00 bits per heavy atom. The third-order valence-electron chi connectivity index (χ3n) is 7.86. The monoisotopic (exact) mass is 336 g/mol. The van der Waals surface area contributed by atoms with Crippen LogP contribution >= 0.6 is 11.8 Å². The highest BCUT2D eigenvalue weighted by atomic mass is 32.2. The molecule has 5 heteroatoms. The number of nitrogens with zero attached hydrogens (tertiary/aromatic N) is 1. The number of hydrogen-bond donors (Lipinski definition) is 1. The van der Waals surface area contributed by atoms with E-state index in [1.165, 1.54) is 12.8 Å². The molecule has 128 valence electrons. The maximum atomic E-state index is 12.9.